The maximum Gasteiger partial charge on any atom is 0.215 e. The molecule has 11 rings (SSSR count). The minimum atomic E-state index is 0.201. The van der Waals surface area contributed by atoms with Crippen molar-refractivity contribution in [1.82, 2.24) is 4.58 Å². The van der Waals surface area contributed by atoms with Crippen LogP contribution in [0, 0.1) is 0 Å². The molecule has 0 amide bonds. The van der Waals surface area contributed by atoms with Crippen LogP contribution in [0.15, 0.2) is 218 Å². The predicted molar refractivity (Wildman–Crippen MR) is 244 cm³/mol. The third-order valence-corrected chi connectivity index (χ3v) is 12.6. The molecular weight excluding hydrogens is 709 g/mol. The molecule has 0 N–H and O–H groups in total. The third kappa shape index (κ3) is 5.92. The Morgan fingerprint density at radius 1 is 0.421 bits per heavy atom. The maximum absolute atomic E-state index is 2.46. The van der Waals surface area contributed by atoms with E-state index in [9.17, 15) is 0 Å². The van der Waals surface area contributed by atoms with Crippen LogP contribution in [0.25, 0.3) is 53.6 Å². The zero-order chi connectivity index (χ0) is 37.7. The van der Waals surface area contributed by atoms with Gasteiger partial charge in [0.2, 0.25) is 11.4 Å². The second kappa shape index (κ2) is 13.9. The molecule has 9 aromatic rings. The smallest absolute Gasteiger partial charge is 0.215 e. The van der Waals surface area contributed by atoms with Gasteiger partial charge in [-0.25, -0.2) is 0 Å². The molecule has 8 aromatic carbocycles. The van der Waals surface area contributed by atoms with E-state index in [1.807, 2.05) is 11.3 Å². The van der Waals surface area contributed by atoms with Crippen molar-refractivity contribution in [3.63, 3.8) is 0 Å². The predicted octanol–water partition coefficient (Wildman–Crippen LogP) is 15.0. The zero-order valence-corrected chi connectivity index (χ0v) is 32.0. The van der Waals surface area contributed by atoms with Gasteiger partial charge in [-0.3, -0.25) is 0 Å². The molecule has 2 aliphatic rings. The van der Waals surface area contributed by atoms with Crippen molar-refractivity contribution >= 4 is 65.7 Å². The minimum Gasteiger partial charge on any atom is -0.311 e. The Hall–Kier alpha value is -7.07. The Morgan fingerprint density at radius 2 is 0.947 bits per heavy atom. The fourth-order valence-corrected chi connectivity index (χ4v) is 9.68. The first-order valence-corrected chi connectivity index (χ1v) is 20.4. The second-order valence-corrected chi connectivity index (χ2v) is 15.8. The Labute approximate surface area is 336 Å². The molecule has 0 fully saturated rings. The van der Waals surface area contributed by atoms with Gasteiger partial charge < -0.3 is 4.90 Å². The van der Waals surface area contributed by atoms with Crippen molar-refractivity contribution < 1.29 is 0 Å². The molecule has 1 aliphatic heterocycles. The topological polar surface area (TPSA) is 6.25 Å². The van der Waals surface area contributed by atoms with Gasteiger partial charge in [0.25, 0.3) is 0 Å². The molecule has 268 valence electrons. The third-order valence-electron chi connectivity index (χ3n) is 11.4. The quantitative estimate of drug-likeness (QED) is 0.147. The normalized spacial score (nSPS) is 14.3. The molecule has 0 radical (unpaired) electrons. The summed E-state index contributed by atoms with van der Waals surface area (Å²) in [4.78, 5) is 2.35. The monoisotopic (exact) mass is 745 g/mol. The highest BCUT2D eigenvalue weighted by Crippen LogP contribution is 2.45. The summed E-state index contributed by atoms with van der Waals surface area (Å²) >= 11 is 1.87. The fraction of sp³-hybridized carbons (Fsp3) is 0.0185. The fourth-order valence-electron chi connectivity index (χ4n) is 8.59. The van der Waals surface area contributed by atoms with E-state index < -0.39 is 0 Å². The van der Waals surface area contributed by atoms with Crippen LogP contribution < -0.4 is 9.48 Å². The molecule has 2 heterocycles. The number of fused-ring (bicyclic) bond motifs is 6. The molecule has 0 spiro atoms. The second-order valence-electron chi connectivity index (χ2n) is 14.7. The van der Waals surface area contributed by atoms with Crippen molar-refractivity contribution in [2.24, 2.45) is 0 Å². The van der Waals surface area contributed by atoms with E-state index in [0.29, 0.717) is 0 Å². The zero-order valence-electron chi connectivity index (χ0n) is 31.2. The number of rotatable bonds is 7. The summed E-state index contributed by atoms with van der Waals surface area (Å²) in [5.41, 5.74) is 15.7. The van der Waals surface area contributed by atoms with Gasteiger partial charge in [0.1, 0.15) is 0 Å². The van der Waals surface area contributed by atoms with Crippen molar-refractivity contribution in [1.29, 1.82) is 0 Å². The highest BCUT2D eigenvalue weighted by molar-refractivity contribution is 7.25. The molecule has 0 saturated carbocycles. The van der Waals surface area contributed by atoms with Gasteiger partial charge in [-0.1, -0.05) is 133 Å². The van der Waals surface area contributed by atoms with E-state index in [-0.39, 0.29) is 5.92 Å². The molecule has 0 saturated heterocycles. The molecule has 57 heavy (non-hydrogen) atoms. The summed E-state index contributed by atoms with van der Waals surface area (Å²) < 4.78 is 5.12. The Morgan fingerprint density at radius 3 is 1.58 bits per heavy atom. The van der Waals surface area contributed by atoms with E-state index in [1.54, 1.807) is 0 Å². The summed E-state index contributed by atoms with van der Waals surface area (Å²) in [7, 11) is 0. The molecule has 3 heteroatoms. The standard InChI is InChI=1S/C54H37N2S/c1-3-11-37(12-4-1)39-19-26-43(27-20-39)55(44-28-21-40(22-29-44)38-13-5-2-6-14-38)45-30-23-41(24-31-45)42-25-33-52-49(35-42)47-15-7-9-17-51(47)56(52)46-32-34-54-50(36-46)48-16-8-10-18-53(48)57-54/h1-36,47H/q+1. The van der Waals surface area contributed by atoms with E-state index in [4.69, 9.17) is 0 Å². The number of allylic oxidation sites excluding steroid dienone is 4. The van der Waals surface area contributed by atoms with E-state index >= 15 is 0 Å². The summed E-state index contributed by atoms with van der Waals surface area (Å²) in [6.45, 7) is 0. The summed E-state index contributed by atoms with van der Waals surface area (Å²) in [5.74, 6) is 0.201. The molecular formula is C54H37N2S+. The van der Waals surface area contributed by atoms with Gasteiger partial charge in [-0.15, -0.1) is 11.3 Å². The average Bonchev–Trinajstić information content (AvgIpc) is 3.83. The lowest BCUT2D eigenvalue weighted by Crippen LogP contribution is -2.14. The van der Waals surface area contributed by atoms with Gasteiger partial charge in [0.05, 0.1) is 5.92 Å². The SMILES string of the molecule is C1=CC2=[N+](c3ccc4sc5ccccc5c4c3)c3ccc(-c4ccc(N(c5ccc(-c6ccccc6)cc5)c5ccc(-c6ccccc6)cc5)cc4)cc3C2C=C1. The number of hydrogen-bond donors (Lipinski definition) is 0. The summed E-state index contributed by atoms with van der Waals surface area (Å²) in [6, 6.07) is 70.7. The van der Waals surface area contributed by atoms with Crippen LogP contribution >= 0.6 is 11.3 Å². The van der Waals surface area contributed by atoms with Gasteiger partial charge in [0.15, 0.2) is 5.71 Å². The largest absolute Gasteiger partial charge is 0.311 e. The molecule has 0 bridgehead atoms. The van der Waals surface area contributed by atoms with Crippen LogP contribution in [0.4, 0.5) is 28.4 Å². The van der Waals surface area contributed by atoms with Crippen molar-refractivity contribution in [3.8, 4) is 33.4 Å². The first-order valence-electron chi connectivity index (χ1n) is 19.5. The Kier molecular flexibility index (Phi) is 8.12. The number of thiophene rings is 1. The molecule has 1 aromatic heterocycles. The Balaban J connectivity index is 0.947. The van der Waals surface area contributed by atoms with Crippen LogP contribution in [0.5, 0.6) is 0 Å². The van der Waals surface area contributed by atoms with Crippen molar-refractivity contribution in [2.75, 3.05) is 4.90 Å². The van der Waals surface area contributed by atoms with Gasteiger partial charge in [-0.05, 0) is 94.0 Å². The number of nitrogens with zero attached hydrogens (tertiary/aromatic N) is 2. The number of hydrogen-bond acceptors (Lipinski definition) is 2. The highest BCUT2D eigenvalue weighted by atomic mass is 32.1. The first kappa shape index (κ1) is 33.3. The lowest BCUT2D eigenvalue weighted by atomic mass is 9.90. The molecule has 1 atom stereocenters. The van der Waals surface area contributed by atoms with E-state index in [1.165, 1.54) is 76.2 Å². The average molecular weight is 746 g/mol. The molecule has 1 unspecified atom stereocenters. The first-order chi connectivity index (χ1) is 28.2. The molecule has 1 aliphatic carbocycles. The van der Waals surface area contributed by atoms with E-state index in [0.717, 1.165) is 17.1 Å². The van der Waals surface area contributed by atoms with Crippen LogP contribution in [0.2, 0.25) is 0 Å². The van der Waals surface area contributed by atoms with Crippen molar-refractivity contribution in [3.05, 3.63) is 224 Å². The Bertz CT molecular complexity index is 2940. The lowest BCUT2D eigenvalue weighted by molar-refractivity contribution is 1.10. The number of anilines is 3. The van der Waals surface area contributed by atoms with Gasteiger partial charge in [0, 0.05) is 67.1 Å². The lowest BCUT2D eigenvalue weighted by Gasteiger charge is -2.26. The highest BCUT2D eigenvalue weighted by Gasteiger charge is 2.39. The van der Waals surface area contributed by atoms with Crippen LogP contribution in [-0.2, 0) is 0 Å². The van der Waals surface area contributed by atoms with Gasteiger partial charge in [-0.2, -0.15) is 4.58 Å². The number of benzene rings is 8. The summed E-state index contributed by atoms with van der Waals surface area (Å²) in [5, 5.41) is 2.64. The van der Waals surface area contributed by atoms with Crippen molar-refractivity contribution in [2.45, 2.75) is 5.92 Å². The van der Waals surface area contributed by atoms with Crippen LogP contribution in [0.3, 0.4) is 0 Å². The maximum atomic E-state index is 2.46. The van der Waals surface area contributed by atoms with Crippen LogP contribution in [0.1, 0.15) is 11.5 Å². The minimum absolute atomic E-state index is 0.201. The summed E-state index contributed by atoms with van der Waals surface area (Å²) in [6.07, 6.45) is 8.97. The van der Waals surface area contributed by atoms with E-state index in [2.05, 4.69) is 228 Å². The van der Waals surface area contributed by atoms with Gasteiger partial charge >= 0.3 is 0 Å². The van der Waals surface area contributed by atoms with Crippen LogP contribution in [-0.4, -0.2) is 5.71 Å². The molecule has 2 nitrogen and oxygen atoms in total.